The molecule has 1 aromatic rings. The summed E-state index contributed by atoms with van der Waals surface area (Å²) in [6, 6.07) is 9.19. The molecule has 1 aliphatic rings. The van der Waals surface area contributed by atoms with Gasteiger partial charge in [0, 0.05) is 32.2 Å². The van der Waals surface area contributed by atoms with E-state index in [1.54, 1.807) is 14.0 Å². The summed E-state index contributed by atoms with van der Waals surface area (Å²) in [6.07, 6.45) is 5.87. The van der Waals surface area contributed by atoms with Crippen LogP contribution in [0.4, 0.5) is 8.78 Å². The van der Waals surface area contributed by atoms with Crippen LogP contribution in [0.3, 0.4) is 0 Å². The minimum atomic E-state index is -2.98. The van der Waals surface area contributed by atoms with E-state index in [2.05, 4.69) is 5.32 Å². The molecule has 1 amide bonds. The normalized spacial score (nSPS) is 24.6. The maximum absolute atomic E-state index is 14.6. The van der Waals surface area contributed by atoms with E-state index in [0.717, 1.165) is 24.5 Å². The number of unbranched alkanes of at least 4 members (excludes halogenated alkanes) is 1. The summed E-state index contributed by atoms with van der Waals surface area (Å²) in [5.74, 6) is -3.77. The first-order valence-corrected chi connectivity index (χ1v) is 11.1. The molecule has 0 spiro atoms. The van der Waals surface area contributed by atoms with Gasteiger partial charge in [0.25, 0.3) is 5.92 Å². The number of aliphatic hydroxyl groups is 2. The average Bonchev–Trinajstić information content (AvgIpc) is 3.02. The Balaban J connectivity index is 1.95. The lowest BCUT2D eigenvalue weighted by atomic mass is 9.84. The summed E-state index contributed by atoms with van der Waals surface area (Å²) >= 11 is 0. The lowest BCUT2D eigenvalue weighted by molar-refractivity contribution is -0.120. The molecule has 6 heteroatoms. The number of allylic oxidation sites excluding steroid dienone is 3. The van der Waals surface area contributed by atoms with Crippen molar-refractivity contribution in [1.82, 2.24) is 5.32 Å². The van der Waals surface area contributed by atoms with Crippen LogP contribution in [0.25, 0.3) is 0 Å². The van der Waals surface area contributed by atoms with Gasteiger partial charge in [-0.05, 0) is 50.2 Å². The Labute approximate surface area is 184 Å². The van der Waals surface area contributed by atoms with Gasteiger partial charge in [-0.25, -0.2) is 8.78 Å². The summed E-state index contributed by atoms with van der Waals surface area (Å²) in [4.78, 5) is 11.2. The third-order valence-corrected chi connectivity index (χ3v) is 6.04. The van der Waals surface area contributed by atoms with Crippen LogP contribution in [0.5, 0.6) is 0 Å². The molecular weight excluding hydrogens is 400 g/mol. The third kappa shape index (κ3) is 8.19. The van der Waals surface area contributed by atoms with Crippen molar-refractivity contribution in [3.05, 3.63) is 59.7 Å². The first-order valence-electron chi connectivity index (χ1n) is 11.1. The molecule has 0 aromatic heterocycles. The monoisotopic (exact) mass is 435 g/mol. The van der Waals surface area contributed by atoms with Crippen molar-refractivity contribution in [3.8, 4) is 0 Å². The number of nitrogens with one attached hydrogen (secondary N) is 1. The molecule has 4 nitrogen and oxygen atoms in total. The van der Waals surface area contributed by atoms with Gasteiger partial charge in [-0.1, -0.05) is 48.1 Å². The second-order valence-corrected chi connectivity index (χ2v) is 8.47. The Kier molecular flexibility index (Phi) is 9.85. The number of halogens is 2. The van der Waals surface area contributed by atoms with Crippen LogP contribution in [0.2, 0.25) is 0 Å². The molecule has 2 rings (SSSR count). The smallest absolute Gasteiger partial charge is 0.267 e. The maximum Gasteiger partial charge on any atom is 0.267 e. The number of rotatable bonds is 11. The van der Waals surface area contributed by atoms with E-state index in [0.29, 0.717) is 18.4 Å². The van der Waals surface area contributed by atoms with Gasteiger partial charge in [0.15, 0.2) is 0 Å². The molecule has 0 unspecified atom stereocenters. The number of hydrogen-bond acceptors (Lipinski definition) is 3. The number of amides is 1. The Morgan fingerprint density at radius 1 is 1.19 bits per heavy atom. The topological polar surface area (TPSA) is 69.6 Å². The highest BCUT2D eigenvalue weighted by atomic mass is 19.3. The van der Waals surface area contributed by atoms with Crippen molar-refractivity contribution in [2.45, 2.75) is 70.0 Å². The van der Waals surface area contributed by atoms with E-state index in [9.17, 15) is 23.8 Å². The number of carbonyl (C=O) groups excluding carboxylic acids is 1. The molecule has 31 heavy (non-hydrogen) atoms. The van der Waals surface area contributed by atoms with Gasteiger partial charge in [-0.15, -0.1) is 0 Å². The van der Waals surface area contributed by atoms with Gasteiger partial charge >= 0.3 is 0 Å². The van der Waals surface area contributed by atoms with Crippen molar-refractivity contribution in [3.63, 3.8) is 0 Å². The molecule has 0 radical (unpaired) electrons. The number of benzene rings is 1. The van der Waals surface area contributed by atoms with Crippen LogP contribution in [-0.2, 0) is 11.2 Å². The summed E-state index contributed by atoms with van der Waals surface area (Å²) in [5, 5.41) is 23.4. The molecule has 1 saturated carbocycles. The fourth-order valence-corrected chi connectivity index (χ4v) is 4.37. The van der Waals surface area contributed by atoms with E-state index >= 15 is 0 Å². The number of aliphatic hydroxyl groups excluding tert-OH is 2. The Bertz CT molecular complexity index is 748. The first kappa shape index (κ1) is 25.2. The molecular formula is C25H35F2NO3. The second kappa shape index (κ2) is 12.1. The molecule has 4 atom stereocenters. The highest BCUT2D eigenvalue weighted by molar-refractivity contribution is 5.75. The highest BCUT2D eigenvalue weighted by Gasteiger charge is 2.42. The standard InChI is InChI=1S/C25H35F2NO3/c1-18(17-25(26,27)15-14-19-10-6-5-7-11-19)24-20(21(29)16-22(24)30)12-8-3-4-9-13-23(31)28-2/h3,5-8,10-11,17,20-22,24,29-30H,4,9,12-16H2,1-2H3,(H,28,31)/b8-3+,18-17+/t20-,21-,22+,24+/m0/s1. The van der Waals surface area contributed by atoms with Crippen LogP contribution >= 0.6 is 0 Å². The van der Waals surface area contributed by atoms with E-state index < -0.39 is 24.0 Å². The van der Waals surface area contributed by atoms with Gasteiger partial charge in [-0.2, -0.15) is 0 Å². The van der Waals surface area contributed by atoms with Crippen molar-refractivity contribution in [2.24, 2.45) is 11.8 Å². The second-order valence-electron chi connectivity index (χ2n) is 8.47. The molecule has 0 bridgehead atoms. The van der Waals surface area contributed by atoms with Crippen LogP contribution in [0, 0.1) is 11.8 Å². The Morgan fingerprint density at radius 2 is 1.90 bits per heavy atom. The van der Waals surface area contributed by atoms with Crippen molar-refractivity contribution in [2.75, 3.05) is 7.05 Å². The highest BCUT2D eigenvalue weighted by Crippen LogP contribution is 2.41. The molecule has 1 aliphatic carbocycles. The van der Waals surface area contributed by atoms with Crippen LogP contribution in [-0.4, -0.2) is 41.3 Å². The largest absolute Gasteiger partial charge is 0.393 e. The SMILES string of the molecule is CNC(=O)CCC/C=C/C[C@@H]1[C@@H](/C(C)=C/C(F)(F)CCc2ccccc2)[C@H](O)C[C@@H]1O. The zero-order chi connectivity index (χ0) is 22.9. The van der Waals surface area contributed by atoms with Crippen molar-refractivity contribution < 1.29 is 23.8 Å². The van der Waals surface area contributed by atoms with Crippen LogP contribution < -0.4 is 5.32 Å². The zero-order valence-electron chi connectivity index (χ0n) is 18.4. The van der Waals surface area contributed by atoms with Crippen LogP contribution in [0.1, 0.15) is 51.0 Å². The van der Waals surface area contributed by atoms with Gasteiger partial charge in [-0.3, -0.25) is 4.79 Å². The minimum absolute atomic E-state index is 0.00300. The van der Waals surface area contributed by atoms with E-state index in [1.165, 1.54) is 0 Å². The molecule has 0 saturated heterocycles. The average molecular weight is 436 g/mol. The lowest BCUT2D eigenvalue weighted by Crippen LogP contribution is -2.25. The predicted octanol–water partition coefficient (Wildman–Crippen LogP) is 4.42. The molecule has 3 N–H and O–H groups in total. The number of carbonyl (C=O) groups is 1. The minimum Gasteiger partial charge on any atom is -0.393 e. The Morgan fingerprint density at radius 3 is 2.58 bits per heavy atom. The molecule has 172 valence electrons. The fraction of sp³-hybridized carbons (Fsp3) is 0.560. The summed E-state index contributed by atoms with van der Waals surface area (Å²) in [5.41, 5.74) is 1.30. The van der Waals surface area contributed by atoms with Gasteiger partial charge in [0.2, 0.25) is 5.91 Å². The summed E-state index contributed by atoms with van der Waals surface area (Å²) in [6.45, 7) is 1.63. The van der Waals surface area contributed by atoms with Crippen molar-refractivity contribution in [1.29, 1.82) is 0 Å². The van der Waals surface area contributed by atoms with Gasteiger partial charge in [0.1, 0.15) is 0 Å². The van der Waals surface area contributed by atoms with Gasteiger partial charge < -0.3 is 15.5 Å². The predicted molar refractivity (Wildman–Crippen MR) is 119 cm³/mol. The quantitative estimate of drug-likeness (QED) is 0.356. The number of hydrogen-bond donors (Lipinski definition) is 3. The first-order chi connectivity index (χ1) is 14.7. The molecule has 1 aromatic carbocycles. The lowest BCUT2D eigenvalue weighted by Gasteiger charge is -2.25. The molecule has 0 heterocycles. The molecule has 0 aliphatic heterocycles. The van der Waals surface area contributed by atoms with Gasteiger partial charge in [0.05, 0.1) is 12.2 Å². The van der Waals surface area contributed by atoms with Crippen molar-refractivity contribution >= 4 is 5.91 Å². The Hall–Kier alpha value is -2.05. The number of aryl methyl sites for hydroxylation is 1. The van der Waals surface area contributed by atoms with Crippen LogP contribution in [0.15, 0.2) is 54.1 Å². The molecule has 1 fully saturated rings. The van der Waals surface area contributed by atoms with E-state index in [4.69, 9.17) is 0 Å². The third-order valence-electron chi connectivity index (χ3n) is 6.04. The fourth-order valence-electron chi connectivity index (χ4n) is 4.37. The van der Waals surface area contributed by atoms with E-state index in [1.807, 2.05) is 42.5 Å². The van der Waals surface area contributed by atoms with E-state index in [-0.39, 0.29) is 31.1 Å². The maximum atomic E-state index is 14.6. The number of alkyl halides is 2. The summed E-state index contributed by atoms with van der Waals surface area (Å²) < 4.78 is 29.2. The summed E-state index contributed by atoms with van der Waals surface area (Å²) in [7, 11) is 1.60. The zero-order valence-corrected chi connectivity index (χ0v) is 18.4.